The normalized spacial score (nSPS) is 20.5. The zero-order valence-corrected chi connectivity index (χ0v) is 13.4. The highest BCUT2D eigenvalue weighted by molar-refractivity contribution is 5.83. The Bertz CT molecular complexity index is 602. The van der Waals surface area contributed by atoms with Gasteiger partial charge in [-0.15, -0.1) is 0 Å². The average Bonchev–Trinajstić information content (AvgIpc) is 2.91. The second-order valence-electron chi connectivity index (χ2n) is 6.26. The number of ether oxygens (including phenoxy) is 1. The minimum absolute atomic E-state index is 0.293. The van der Waals surface area contributed by atoms with Crippen molar-refractivity contribution in [2.75, 3.05) is 19.7 Å². The summed E-state index contributed by atoms with van der Waals surface area (Å²) in [5, 5.41) is 1.34. The lowest BCUT2D eigenvalue weighted by atomic mass is 10.1. The van der Waals surface area contributed by atoms with E-state index in [4.69, 9.17) is 4.74 Å². The molecule has 2 aromatic rings. The van der Waals surface area contributed by atoms with Crippen LogP contribution in [0, 0.1) is 0 Å². The van der Waals surface area contributed by atoms with Gasteiger partial charge < -0.3 is 9.30 Å². The van der Waals surface area contributed by atoms with E-state index >= 15 is 0 Å². The van der Waals surface area contributed by atoms with Crippen molar-refractivity contribution in [2.24, 2.45) is 0 Å². The molecule has 0 N–H and O–H groups in total. The third-order valence-corrected chi connectivity index (χ3v) is 4.55. The lowest BCUT2D eigenvalue weighted by molar-refractivity contribution is -0.0451. The number of nitrogens with zero attached hydrogens (tertiary/aromatic N) is 2. The fourth-order valence-corrected chi connectivity index (χ4v) is 3.32. The highest BCUT2D eigenvalue weighted by atomic mass is 16.5. The van der Waals surface area contributed by atoms with Crippen molar-refractivity contribution < 1.29 is 4.74 Å². The molecule has 1 aliphatic heterocycles. The van der Waals surface area contributed by atoms with Gasteiger partial charge in [0, 0.05) is 25.3 Å². The van der Waals surface area contributed by atoms with Crippen LogP contribution < -0.4 is 0 Å². The molecular weight excluding hydrogens is 260 g/mol. The summed E-state index contributed by atoms with van der Waals surface area (Å²) in [4.78, 5) is 2.51. The van der Waals surface area contributed by atoms with Crippen LogP contribution in [0.25, 0.3) is 10.9 Å². The summed E-state index contributed by atoms with van der Waals surface area (Å²) in [5.41, 5.74) is 2.80. The fraction of sp³-hybridized carbons (Fsp3) is 0.556. The van der Waals surface area contributed by atoms with E-state index in [-0.39, 0.29) is 0 Å². The summed E-state index contributed by atoms with van der Waals surface area (Å²) in [6.45, 7) is 10.6. The number of benzene rings is 1. The Morgan fingerprint density at radius 1 is 1.29 bits per heavy atom. The standard InChI is InChI=1S/C18H26N2O/c1-4-15-6-5-7-16-8-9-20(18(15)16)13-17-12-19(14(2)3)10-11-21-17/h5-9,14,17H,4,10-13H2,1-3H3. The molecule has 1 atom stereocenters. The van der Waals surface area contributed by atoms with Crippen molar-refractivity contribution >= 4 is 10.9 Å². The van der Waals surface area contributed by atoms with Crippen molar-refractivity contribution in [2.45, 2.75) is 45.9 Å². The minimum Gasteiger partial charge on any atom is -0.374 e. The summed E-state index contributed by atoms with van der Waals surface area (Å²) in [6.07, 6.45) is 3.58. The molecule has 1 unspecified atom stereocenters. The molecule has 0 bridgehead atoms. The first kappa shape index (κ1) is 14.6. The molecule has 3 rings (SSSR count). The van der Waals surface area contributed by atoms with Gasteiger partial charge in [0.05, 0.1) is 24.8 Å². The molecular formula is C18H26N2O. The smallest absolute Gasteiger partial charge is 0.0881 e. The van der Waals surface area contributed by atoms with E-state index in [9.17, 15) is 0 Å². The van der Waals surface area contributed by atoms with E-state index in [0.29, 0.717) is 12.1 Å². The average molecular weight is 286 g/mol. The first-order valence-corrected chi connectivity index (χ1v) is 8.11. The van der Waals surface area contributed by atoms with Crippen molar-refractivity contribution in [3.05, 3.63) is 36.0 Å². The second-order valence-corrected chi connectivity index (χ2v) is 6.26. The summed E-state index contributed by atoms with van der Waals surface area (Å²) >= 11 is 0. The Balaban J connectivity index is 1.82. The van der Waals surface area contributed by atoms with Crippen LogP contribution in [0.5, 0.6) is 0 Å². The van der Waals surface area contributed by atoms with Crippen LogP contribution in [-0.4, -0.2) is 41.3 Å². The molecule has 2 heterocycles. The molecule has 0 spiro atoms. The molecule has 1 aromatic carbocycles. The van der Waals surface area contributed by atoms with Crippen molar-refractivity contribution in [3.63, 3.8) is 0 Å². The van der Waals surface area contributed by atoms with E-state index in [1.54, 1.807) is 0 Å². The van der Waals surface area contributed by atoms with Crippen LogP contribution >= 0.6 is 0 Å². The first-order chi connectivity index (χ1) is 10.2. The van der Waals surface area contributed by atoms with Crippen LogP contribution in [0.3, 0.4) is 0 Å². The quantitative estimate of drug-likeness (QED) is 0.858. The van der Waals surface area contributed by atoms with E-state index in [1.165, 1.54) is 16.5 Å². The number of para-hydroxylation sites is 1. The number of hydrogen-bond donors (Lipinski definition) is 0. The number of aryl methyl sites for hydroxylation is 1. The highest BCUT2D eigenvalue weighted by Crippen LogP contribution is 2.22. The van der Waals surface area contributed by atoms with Crippen LogP contribution in [0.2, 0.25) is 0 Å². The van der Waals surface area contributed by atoms with Gasteiger partial charge in [0.15, 0.2) is 0 Å². The van der Waals surface area contributed by atoms with Gasteiger partial charge in [-0.1, -0.05) is 25.1 Å². The van der Waals surface area contributed by atoms with E-state index in [0.717, 1.165) is 32.7 Å². The van der Waals surface area contributed by atoms with Gasteiger partial charge in [-0.25, -0.2) is 0 Å². The van der Waals surface area contributed by atoms with E-state index in [2.05, 4.69) is 60.7 Å². The molecule has 0 aliphatic carbocycles. The van der Waals surface area contributed by atoms with Gasteiger partial charge in [0.25, 0.3) is 0 Å². The van der Waals surface area contributed by atoms with Gasteiger partial charge in [0.1, 0.15) is 0 Å². The van der Waals surface area contributed by atoms with Crippen molar-refractivity contribution in [3.8, 4) is 0 Å². The summed E-state index contributed by atoms with van der Waals surface area (Å²) in [5.74, 6) is 0. The van der Waals surface area contributed by atoms with Crippen LogP contribution in [0.15, 0.2) is 30.5 Å². The van der Waals surface area contributed by atoms with E-state index < -0.39 is 0 Å². The number of hydrogen-bond acceptors (Lipinski definition) is 2. The molecule has 0 saturated carbocycles. The van der Waals surface area contributed by atoms with Crippen LogP contribution in [-0.2, 0) is 17.7 Å². The lowest BCUT2D eigenvalue weighted by Crippen LogP contribution is -2.47. The van der Waals surface area contributed by atoms with Crippen LogP contribution in [0.1, 0.15) is 26.3 Å². The zero-order chi connectivity index (χ0) is 14.8. The molecule has 1 saturated heterocycles. The van der Waals surface area contributed by atoms with Gasteiger partial charge in [-0.2, -0.15) is 0 Å². The SMILES string of the molecule is CCc1cccc2ccn(CC3CN(C(C)C)CCO3)c12. The Morgan fingerprint density at radius 2 is 2.14 bits per heavy atom. The lowest BCUT2D eigenvalue weighted by Gasteiger charge is -2.35. The number of rotatable bonds is 4. The van der Waals surface area contributed by atoms with Crippen molar-refractivity contribution in [1.29, 1.82) is 0 Å². The summed E-state index contributed by atoms with van der Waals surface area (Å²) in [6, 6.07) is 9.42. The highest BCUT2D eigenvalue weighted by Gasteiger charge is 2.23. The van der Waals surface area contributed by atoms with Gasteiger partial charge in [-0.05, 0) is 37.3 Å². The number of aromatic nitrogens is 1. The Labute approximate surface area is 127 Å². The van der Waals surface area contributed by atoms with Gasteiger partial charge >= 0.3 is 0 Å². The molecule has 114 valence electrons. The number of fused-ring (bicyclic) bond motifs is 1. The Hall–Kier alpha value is -1.32. The summed E-state index contributed by atoms with van der Waals surface area (Å²) in [7, 11) is 0. The minimum atomic E-state index is 0.293. The van der Waals surface area contributed by atoms with Crippen LogP contribution in [0.4, 0.5) is 0 Å². The maximum Gasteiger partial charge on any atom is 0.0881 e. The third kappa shape index (κ3) is 2.99. The topological polar surface area (TPSA) is 17.4 Å². The molecule has 21 heavy (non-hydrogen) atoms. The van der Waals surface area contributed by atoms with E-state index in [1.807, 2.05) is 0 Å². The van der Waals surface area contributed by atoms with Crippen molar-refractivity contribution in [1.82, 2.24) is 9.47 Å². The molecule has 0 radical (unpaired) electrons. The first-order valence-electron chi connectivity index (χ1n) is 8.11. The maximum atomic E-state index is 5.99. The molecule has 3 nitrogen and oxygen atoms in total. The predicted molar refractivity (Wildman–Crippen MR) is 87.8 cm³/mol. The van der Waals surface area contributed by atoms with Gasteiger partial charge in [-0.3, -0.25) is 4.90 Å². The molecule has 1 aromatic heterocycles. The summed E-state index contributed by atoms with van der Waals surface area (Å²) < 4.78 is 8.37. The maximum absolute atomic E-state index is 5.99. The largest absolute Gasteiger partial charge is 0.374 e. The fourth-order valence-electron chi connectivity index (χ4n) is 3.32. The van der Waals surface area contributed by atoms with Gasteiger partial charge in [0.2, 0.25) is 0 Å². The molecule has 1 fully saturated rings. The molecule has 3 heteroatoms. The monoisotopic (exact) mass is 286 g/mol. The Kier molecular flexibility index (Phi) is 4.32. The molecule has 1 aliphatic rings. The zero-order valence-electron chi connectivity index (χ0n) is 13.4. The predicted octanol–water partition coefficient (Wildman–Crippen LogP) is 3.31. The molecule has 0 amide bonds. The second kappa shape index (κ2) is 6.20. The Morgan fingerprint density at radius 3 is 2.90 bits per heavy atom. The third-order valence-electron chi connectivity index (χ3n) is 4.55. The number of morpholine rings is 1.